The molecule has 0 fully saturated rings. The van der Waals surface area contributed by atoms with Crippen LogP contribution in [0.25, 0.3) is 10.9 Å². The van der Waals surface area contributed by atoms with Gasteiger partial charge in [-0.25, -0.2) is 0 Å². The molecule has 0 atom stereocenters. The fourth-order valence-electron chi connectivity index (χ4n) is 3.24. The number of H-pyrrole nitrogens is 1. The lowest BCUT2D eigenvalue weighted by atomic mass is 10.1. The number of rotatable bonds is 7. The SMILES string of the molecule is COc1cccc(Nc2ccnc(C(=O)NCCc3c[nH]c4ccccc34)c2)c1. The Labute approximate surface area is 168 Å². The van der Waals surface area contributed by atoms with Gasteiger partial charge in [-0.3, -0.25) is 9.78 Å². The summed E-state index contributed by atoms with van der Waals surface area (Å²) < 4.78 is 5.24. The first-order valence-electron chi connectivity index (χ1n) is 9.43. The van der Waals surface area contributed by atoms with Crippen LogP contribution in [0.4, 0.5) is 11.4 Å². The first-order chi connectivity index (χ1) is 14.2. The summed E-state index contributed by atoms with van der Waals surface area (Å²) in [5.41, 5.74) is 4.32. The minimum Gasteiger partial charge on any atom is -0.497 e. The number of ether oxygens (including phenoxy) is 1. The van der Waals surface area contributed by atoms with Crippen molar-refractivity contribution in [3.63, 3.8) is 0 Å². The zero-order chi connectivity index (χ0) is 20.1. The van der Waals surface area contributed by atoms with Crippen LogP contribution in [0.1, 0.15) is 16.1 Å². The van der Waals surface area contributed by atoms with Gasteiger partial charge in [0.25, 0.3) is 5.91 Å². The number of para-hydroxylation sites is 1. The predicted molar refractivity (Wildman–Crippen MR) is 115 cm³/mol. The smallest absolute Gasteiger partial charge is 0.269 e. The number of hydrogen-bond donors (Lipinski definition) is 3. The molecule has 1 amide bonds. The summed E-state index contributed by atoms with van der Waals surface area (Å²) in [6.07, 6.45) is 4.36. The monoisotopic (exact) mass is 386 g/mol. The Morgan fingerprint density at radius 2 is 1.93 bits per heavy atom. The van der Waals surface area contributed by atoms with Crippen LogP contribution < -0.4 is 15.4 Å². The molecule has 0 aliphatic rings. The number of nitrogens with one attached hydrogen (secondary N) is 3. The van der Waals surface area contributed by atoms with Crippen LogP contribution >= 0.6 is 0 Å². The van der Waals surface area contributed by atoms with Gasteiger partial charge >= 0.3 is 0 Å². The molecule has 29 heavy (non-hydrogen) atoms. The Morgan fingerprint density at radius 1 is 1.07 bits per heavy atom. The second-order valence-electron chi connectivity index (χ2n) is 6.65. The van der Waals surface area contributed by atoms with Crippen molar-refractivity contribution >= 4 is 28.2 Å². The molecule has 0 bridgehead atoms. The zero-order valence-corrected chi connectivity index (χ0v) is 16.1. The van der Waals surface area contributed by atoms with Gasteiger partial charge in [-0.2, -0.15) is 0 Å². The highest BCUT2D eigenvalue weighted by molar-refractivity contribution is 5.93. The summed E-state index contributed by atoms with van der Waals surface area (Å²) in [4.78, 5) is 20.0. The molecule has 0 radical (unpaired) electrons. The molecular formula is C23H22N4O2. The maximum atomic E-state index is 12.5. The maximum Gasteiger partial charge on any atom is 0.269 e. The number of pyridine rings is 1. The maximum absolute atomic E-state index is 12.5. The summed E-state index contributed by atoms with van der Waals surface area (Å²) in [7, 11) is 1.63. The van der Waals surface area contributed by atoms with Gasteiger partial charge in [0.05, 0.1) is 7.11 Å². The molecule has 4 rings (SSSR count). The van der Waals surface area contributed by atoms with E-state index in [-0.39, 0.29) is 5.91 Å². The third-order valence-corrected chi connectivity index (χ3v) is 4.71. The van der Waals surface area contributed by atoms with E-state index in [1.165, 1.54) is 10.9 Å². The lowest BCUT2D eigenvalue weighted by molar-refractivity contribution is 0.0949. The molecule has 6 nitrogen and oxygen atoms in total. The van der Waals surface area contributed by atoms with Crippen molar-refractivity contribution in [1.82, 2.24) is 15.3 Å². The predicted octanol–water partition coefficient (Wildman–Crippen LogP) is 4.29. The number of amides is 1. The lowest BCUT2D eigenvalue weighted by Gasteiger charge is -2.09. The average Bonchev–Trinajstić information content (AvgIpc) is 3.17. The van der Waals surface area contributed by atoms with Crippen LogP contribution in [-0.4, -0.2) is 29.5 Å². The standard InChI is InChI=1S/C23H22N4O2/c1-29-19-6-4-5-17(13-19)27-18-10-12-24-22(14-18)23(28)25-11-9-16-15-26-21-8-3-2-7-20(16)21/h2-8,10,12-15,26H,9,11H2,1H3,(H,24,27)(H,25,28). The summed E-state index contributed by atoms with van der Waals surface area (Å²) in [6, 6.07) is 19.3. The number of anilines is 2. The van der Waals surface area contributed by atoms with Crippen LogP contribution in [0.15, 0.2) is 73.1 Å². The number of benzene rings is 2. The lowest BCUT2D eigenvalue weighted by Crippen LogP contribution is -2.26. The van der Waals surface area contributed by atoms with Crippen molar-refractivity contribution in [2.45, 2.75) is 6.42 Å². The number of aromatic nitrogens is 2. The van der Waals surface area contributed by atoms with E-state index in [0.29, 0.717) is 12.2 Å². The summed E-state index contributed by atoms with van der Waals surface area (Å²) in [5, 5.41) is 7.40. The van der Waals surface area contributed by atoms with Gasteiger partial charge < -0.3 is 20.4 Å². The molecule has 146 valence electrons. The Bertz CT molecular complexity index is 1140. The first-order valence-corrected chi connectivity index (χ1v) is 9.43. The molecule has 2 aromatic carbocycles. The number of hydrogen-bond acceptors (Lipinski definition) is 4. The van der Waals surface area contributed by atoms with Crippen molar-refractivity contribution in [1.29, 1.82) is 0 Å². The van der Waals surface area contributed by atoms with Crippen molar-refractivity contribution in [2.75, 3.05) is 19.0 Å². The number of methoxy groups -OCH3 is 1. The van der Waals surface area contributed by atoms with E-state index in [1.54, 1.807) is 19.4 Å². The van der Waals surface area contributed by atoms with Gasteiger partial charge in [-0.1, -0.05) is 24.3 Å². The Balaban J connectivity index is 1.38. The summed E-state index contributed by atoms with van der Waals surface area (Å²) >= 11 is 0. The Morgan fingerprint density at radius 3 is 2.83 bits per heavy atom. The van der Waals surface area contributed by atoms with Crippen molar-refractivity contribution < 1.29 is 9.53 Å². The highest BCUT2D eigenvalue weighted by Crippen LogP contribution is 2.21. The molecule has 2 aromatic heterocycles. The van der Waals surface area contributed by atoms with E-state index < -0.39 is 0 Å². The van der Waals surface area contributed by atoms with Crippen molar-refractivity contribution in [3.8, 4) is 5.75 Å². The van der Waals surface area contributed by atoms with E-state index >= 15 is 0 Å². The molecular weight excluding hydrogens is 364 g/mol. The second kappa shape index (κ2) is 8.48. The molecule has 6 heteroatoms. The van der Waals surface area contributed by atoms with E-state index in [0.717, 1.165) is 29.1 Å². The van der Waals surface area contributed by atoms with Gasteiger partial charge in [0.15, 0.2) is 0 Å². The van der Waals surface area contributed by atoms with Crippen LogP contribution in [0.2, 0.25) is 0 Å². The average molecular weight is 386 g/mol. The highest BCUT2D eigenvalue weighted by atomic mass is 16.5. The van der Waals surface area contributed by atoms with Gasteiger partial charge in [0.1, 0.15) is 11.4 Å². The van der Waals surface area contributed by atoms with E-state index in [2.05, 4.69) is 26.7 Å². The molecule has 0 aliphatic carbocycles. The van der Waals surface area contributed by atoms with Crippen LogP contribution in [-0.2, 0) is 6.42 Å². The van der Waals surface area contributed by atoms with Crippen molar-refractivity contribution in [2.24, 2.45) is 0 Å². The van der Waals surface area contributed by atoms with E-state index in [9.17, 15) is 4.79 Å². The second-order valence-corrected chi connectivity index (χ2v) is 6.65. The molecule has 3 N–H and O–H groups in total. The summed E-state index contributed by atoms with van der Waals surface area (Å²) in [6.45, 7) is 0.538. The van der Waals surface area contributed by atoms with E-state index in [1.807, 2.05) is 54.7 Å². The van der Waals surface area contributed by atoms with Crippen LogP contribution in [0, 0.1) is 0 Å². The molecule has 2 heterocycles. The molecule has 0 spiro atoms. The molecule has 0 aliphatic heterocycles. The fraction of sp³-hybridized carbons (Fsp3) is 0.130. The Kier molecular flexibility index (Phi) is 5.42. The number of aromatic amines is 1. The minimum absolute atomic E-state index is 0.195. The largest absolute Gasteiger partial charge is 0.497 e. The van der Waals surface area contributed by atoms with Gasteiger partial charge in [0.2, 0.25) is 0 Å². The number of carbonyl (C=O) groups is 1. The topological polar surface area (TPSA) is 79.0 Å². The number of fused-ring (bicyclic) bond motifs is 1. The fourth-order valence-corrected chi connectivity index (χ4v) is 3.24. The normalized spacial score (nSPS) is 10.7. The van der Waals surface area contributed by atoms with Crippen LogP contribution in [0.3, 0.4) is 0 Å². The molecule has 0 saturated carbocycles. The molecule has 4 aromatic rings. The summed E-state index contributed by atoms with van der Waals surface area (Å²) in [5.74, 6) is 0.568. The number of nitrogens with zero attached hydrogens (tertiary/aromatic N) is 1. The molecule has 0 saturated heterocycles. The Hall–Kier alpha value is -3.80. The zero-order valence-electron chi connectivity index (χ0n) is 16.1. The van der Waals surface area contributed by atoms with Crippen molar-refractivity contribution in [3.05, 3.63) is 84.3 Å². The van der Waals surface area contributed by atoms with Gasteiger partial charge in [-0.15, -0.1) is 0 Å². The van der Waals surface area contributed by atoms with Gasteiger partial charge in [0, 0.05) is 47.3 Å². The highest BCUT2D eigenvalue weighted by Gasteiger charge is 2.09. The molecule has 0 unspecified atom stereocenters. The van der Waals surface area contributed by atoms with Crippen LogP contribution in [0.5, 0.6) is 5.75 Å². The number of carbonyl (C=O) groups excluding carboxylic acids is 1. The first kappa shape index (κ1) is 18.6. The third-order valence-electron chi connectivity index (χ3n) is 4.71. The minimum atomic E-state index is -0.195. The quantitative estimate of drug-likeness (QED) is 0.443. The van der Waals surface area contributed by atoms with Gasteiger partial charge in [-0.05, 0) is 42.3 Å². The third kappa shape index (κ3) is 4.38. The van der Waals surface area contributed by atoms with E-state index in [4.69, 9.17) is 4.74 Å².